The summed E-state index contributed by atoms with van der Waals surface area (Å²) in [7, 11) is 0. The molecule has 148 valence electrons. The molecule has 0 atom stereocenters. The lowest BCUT2D eigenvalue weighted by molar-refractivity contribution is 0.102. The maximum absolute atomic E-state index is 12.7. The Labute approximate surface area is 171 Å². The van der Waals surface area contributed by atoms with E-state index in [9.17, 15) is 4.79 Å². The van der Waals surface area contributed by atoms with Crippen molar-refractivity contribution >= 4 is 23.1 Å². The van der Waals surface area contributed by atoms with E-state index in [-0.39, 0.29) is 5.91 Å². The van der Waals surface area contributed by atoms with Gasteiger partial charge in [0.2, 0.25) is 0 Å². The maximum Gasteiger partial charge on any atom is 0.274 e. The Kier molecular flexibility index (Phi) is 5.42. The predicted octanol–water partition coefficient (Wildman–Crippen LogP) is 3.67. The number of rotatable bonds is 4. The molecule has 0 radical (unpaired) electrons. The number of anilines is 3. The van der Waals surface area contributed by atoms with E-state index in [4.69, 9.17) is 0 Å². The average Bonchev–Trinajstić information content (AvgIpc) is 2.75. The first-order chi connectivity index (χ1) is 14.1. The van der Waals surface area contributed by atoms with Gasteiger partial charge in [0.1, 0.15) is 17.3 Å². The zero-order chi connectivity index (χ0) is 20.2. The van der Waals surface area contributed by atoms with Gasteiger partial charge in [-0.3, -0.25) is 4.79 Å². The minimum Gasteiger partial charge on any atom is -0.368 e. The molecule has 0 spiro atoms. The first-order valence-electron chi connectivity index (χ1n) is 9.87. The fraction of sp³-hybridized carbons (Fsp3) is 0.261. The highest BCUT2D eigenvalue weighted by Gasteiger charge is 2.20. The number of benzene rings is 2. The number of para-hydroxylation sites is 1. The Balaban J connectivity index is 1.46. The summed E-state index contributed by atoms with van der Waals surface area (Å²) in [4.78, 5) is 26.2. The summed E-state index contributed by atoms with van der Waals surface area (Å²) in [5.74, 6) is 1.19. The van der Waals surface area contributed by atoms with E-state index in [1.54, 1.807) is 6.07 Å². The van der Waals surface area contributed by atoms with Crippen LogP contribution in [-0.4, -0.2) is 42.1 Å². The van der Waals surface area contributed by atoms with E-state index < -0.39 is 0 Å². The standard InChI is InChI=1S/C23H25N5O/c1-17-8-10-19(11-9-17)26-23(29)21-16-22(25-18(2)24-21)28-14-12-27(13-15-28)20-6-4-3-5-7-20/h3-11,16H,12-15H2,1-2H3,(H,26,29). The molecule has 1 aliphatic heterocycles. The number of amides is 1. The van der Waals surface area contributed by atoms with Crippen LogP contribution >= 0.6 is 0 Å². The van der Waals surface area contributed by atoms with Gasteiger partial charge in [-0.25, -0.2) is 9.97 Å². The van der Waals surface area contributed by atoms with E-state index in [1.807, 2.05) is 44.2 Å². The molecule has 6 heteroatoms. The van der Waals surface area contributed by atoms with E-state index in [1.165, 1.54) is 5.69 Å². The molecule has 29 heavy (non-hydrogen) atoms. The van der Waals surface area contributed by atoms with Crippen LogP contribution in [-0.2, 0) is 0 Å². The molecule has 1 aliphatic rings. The summed E-state index contributed by atoms with van der Waals surface area (Å²) in [6.45, 7) is 7.38. The third-order valence-corrected chi connectivity index (χ3v) is 5.09. The van der Waals surface area contributed by atoms with Gasteiger partial charge in [-0.2, -0.15) is 0 Å². The molecule has 0 aliphatic carbocycles. The Morgan fingerprint density at radius 3 is 2.21 bits per heavy atom. The van der Waals surface area contributed by atoms with E-state index in [2.05, 4.69) is 49.4 Å². The smallest absolute Gasteiger partial charge is 0.274 e. The number of nitrogens with zero attached hydrogens (tertiary/aromatic N) is 4. The maximum atomic E-state index is 12.7. The number of carbonyl (C=O) groups is 1. The van der Waals surface area contributed by atoms with Crippen LogP contribution in [0.3, 0.4) is 0 Å². The normalized spacial score (nSPS) is 14.0. The highest BCUT2D eigenvalue weighted by atomic mass is 16.1. The van der Waals surface area contributed by atoms with Crippen molar-refractivity contribution in [3.05, 3.63) is 77.7 Å². The predicted molar refractivity (Wildman–Crippen MR) is 117 cm³/mol. The topological polar surface area (TPSA) is 61.4 Å². The highest BCUT2D eigenvalue weighted by molar-refractivity contribution is 6.03. The van der Waals surface area contributed by atoms with Crippen molar-refractivity contribution in [3.63, 3.8) is 0 Å². The fourth-order valence-corrected chi connectivity index (χ4v) is 3.49. The van der Waals surface area contributed by atoms with Crippen LogP contribution in [0.2, 0.25) is 0 Å². The number of aryl methyl sites for hydroxylation is 2. The molecule has 3 aromatic rings. The van der Waals surface area contributed by atoms with Crippen LogP contribution in [0.1, 0.15) is 21.9 Å². The Bertz CT molecular complexity index is 980. The van der Waals surface area contributed by atoms with Crippen molar-refractivity contribution in [1.29, 1.82) is 0 Å². The average molecular weight is 387 g/mol. The molecule has 6 nitrogen and oxygen atoms in total. The fourth-order valence-electron chi connectivity index (χ4n) is 3.49. The molecule has 1 saturated heterocycles. The van der Waals surface area contributed by atoms with Gasteiger partial charge in [-0.05, 0) is 38.1 Å². The molecule has 0 unspecified atom stereocenters. The second-order valence-electron chi connectivity index (χ2n) is 7.29. The van der Waals surface area contributed by atoms with Crippen LogP contribution in [0.5, 0.6) is 0 Å². The lowest BCUT2D eigenvalue weighted by atomic mass is 10.2. The molecule has 1 fully saturated rings. The van der Waals surface area contributed by atoms with Crippen molar-refractivity contribution in [2.75, 3.05) is 41.3 Å². The molecule has 2 aromatic carbocycles. The first-order valence-corrected chi connectivity index (χ1v) is 9.87. The molecular formula is C23H25N5O. The summed E-state index contributed by atoms with van der Waals surface area (Å²) in [6, 6.07) is 20.0. The second kappa shape index (κ2) is 8.31. The van der Waals surface area contributed by atoms with Gasteiger partial charge in [0.25, 0.3) is 5.91 Å². The summed E-state index contributed by atoms with van der Waals surface area (Å²) in [5, 5.41) is 2.92. The molecule has 4 rings (SSSR count). The van der Waals surface area contributed by atoms with Gasteiger partial charge in [0, 0.05) is 43.6 Å². The summed E-state index contributed by atoms with van der Waals surface area (Å²) in [5.41, 5.74) is 3.54. The molecule has 2 heterocycles. The van der Waals surface area contributed by atoms with Gasteiger partial charge < -0.3 is 15.1 Å². The molecule has 1 aromatic heterocycles. The van der Waals surface area contributed by atoms with Gasteiger partial charge in [0.15, 0.2) is 0 Å². The number of hydrogen-bond acceptors (Lipinski definition) is 5. The van der Waals surface area contributed by atoms with Crippen molar-refractivity contribution < 1.29 is 4.79 Å². The number of nitrogens with one attached hydrogen (secondary N) is 1. The van der Waals surface area contributed by atoms with Crippen LogP contribution in [0, 0.1) is 13.8 Å². The second-order valence-corrected chi connectivity index (χ2v) is 7.29. The zero-order valence-electron chi connectivity index (χ0n) is 16.8. The molecular weight excluding hydrogens is 362 g/mol. The Hall–Kier alpha value is -3.41. The molecule has 0 bridgehead atoms. The lowest BCUT2D eigenvalue weighted by Gasteiger charge is -2.36. The van der Waals surface area contributed by atoms with Crippen LogP contribution in [0.4, 0.5) is 17.2 Å². The number of hydrogen-bond donors (Lipinski definition) is 1. The number of carbonyl (C=O) groups excluding carboxylic acids is 1. The summed E-state index contributed by atoms with van der Waals surface area (Å²) in [6.07, 6.45) is 0. The highest BCUT2D eigenvalue weighted by Crippen LogP contribution is 2.20. The van der Waals surface area contributed by atoms with Gasteiger partial charge >= 0.3 is 0 Å². The van der Waals surface area contributed by atoms with Crippen LogP contribution in [0.25, 0.3) is 0 Å². The van der Waals surface area contributed by atoms with Crippen molar-refractivity contribution in [3.8, 4) is 0 Å². The van der Waals surface area contributed by atoms with Crippen molar-refractivity contribution in [1.82, 2.24) is 9.97 Å². The van der Waals surface area contributed by atoms with E-state index in [0.29, 0.717) is 11.5 Å². The third-order valence-electron chi connectivity index (χ3n) is 5.09. The minimum absolute atomic E-state index is 0.219. The Morgan fingerprint density at radius 2 is 1.52 bits per heavy atom. The SMILES string of the molecule is Cc1ccc(NC(=O)c2cc(N3CCN(c4ccccc4)CC3)nc(C)n2)cc1. The van der Waals surface area contributed by atoms with Gasteiger partial charge in [0.05, 0.1) is 0 Å². The monoisotopic (exact) mass is 387 g/mol. The van der Waals surface area contributed by atoms with E-state index in [0.717, 1.165) is 43.2 Å². The van der Waals surface area contributed by atoms with Crippen molar-refractivity contribution in [2.24, 2.45) is 0 Å². The zero-order valence-corrected chi connectivity index (χ0v) is 16.8. The van der Waals surface area contributed by atoms with Crippen LogP contribution in [0.15, 0.2) is 60.7 Å². The van der Waals surface area contributed by atoms with E-state index >= 15 is 0 Å². The van der Waals surface area contributed by atoms with Gasteiger partial charge in [-0.15, -0.1) is 0 Å². The van der Waals surface area contributed by atoms with Gasteiger partial charge in [-0.1, -0.05) is 35.9 Å². The first kappa shape index (κ1) is 18.9. The molecule has 0 saturated carbocycles. The van der Waals surface area contributed by atoms with Crippen molar-refractivity contribution in [2.45, 2.75) is 13.8 Å². The molecule has 1 N–H and O–H groups in total. The van der Waals surface area contributed by atoms with Crippen LogP contribution < -0.4 is 15.1 Å². The molecule has 1 amide bonds. The summed E-state index contributed by atoms with van der Waals surface area (Å²) >= 11 is 0. The summed E-state index contributed by atoms with van der Waals surface area (Å²) < 4.78 is 0. The number of aromatic nitrogens is 2. The number of piperazine rings is 1. The Morgan fingerprint density at radius 1 is 0.862 bits per heavy atom. The minimum atomic E-state index is -0.219. The lowest BCUT2D eigenvalue weighted by Crippen LogP contribution is -2.47. The third kappa shape index (κ3) is 4.54. The largest absolute Gasteiger partial charge is 0.368 e. The quantitative estimate of drug-likeness (QED) is 0.740.